The van der Waals surface area contributed by atoms with Crippen LogP contribution in [0.5, 0.6) is 5.75 Å². The number of methoxy groups -OCH3 is 1. The molecule has 0 aliphatic rings. The summed E-state index contributed by atoms with van der Waals surface area (Å²) in [5.41, 5.74) is 1.95. The number of amides is 1. The number of ether oxygens (including phenoxy) is 2. The Labute approximate surface area is 143 Å². The second-order valence-electron chi connectivity index (χ2n) is 5.30. The number of anilines is 1. The van der Waals surface area contributed by atoms with E-state index in [0.717, 1.165) is 0 Å². The summed E-state index contributed by atoms with van der Waals surface area (Å²) in [6.45, 7) is 1.50. The van der Waals surface area contributed by atoms with Crippen LogP contribution in [0.3, 0.4) is 0 Å². The third kappa shape index (κ3) is 3.77. The molecule has 1 amide bonds. The minimum atomic E-state index is -0.968. The average molecular weight is 340 g/mol. The van der Waals surface area contributed by atoms with Crippen LogP contribution in [0, 0.1) is 0 Å². The third-order valence-corrected chi connectivity index (χ3v) is 3.56. The van der Waals surface area contributed by atoms with Gasteiger partial charge in [0.1, 0.15) is 11.3 Å². The zero-order valence-corrected chi connectivity index (χ0v) is 13.7. The van der Waals surface area contributed by atoms with Crippen molar-refractivity contribution in [2.45, 2.75) is 13.0 Å². The first-order valence-electron chi connectivity index (χ1n) is 7.56. The van der Waals surface area contributed by atoms with Crippen molar-refractivity contribution < 1.29 is 23.5 Å². The van der Waals surface area contributed by atoms with Crippen molar-refractivity contribution in [1.82, 2.24) is 4.98 Å². The van der Waals surface area contributed by atoms with E-state index in [0.29, 0.717) is 22.5 Å². The number of fused-ring (bicyclic) bond motifs is 1. The number of benzene rings is 2. The fraction of sp³-hybridized carbons (Fsp3) is 0.167. The van der Waals surface area contributed by atoms with Gasteiger partial charge in [-0.15, -0.1) is 0 Å². The van der Waals surface area contributed by atoms with Crippen LogP contribution in [0.25, 0.3) is 11.1 Å². The maximum atomic E-state index is 12.2. The fourth-order valence-electron chi connectivity index (χ4n) is 2.21. The summed E-state index contributed by atoms with van der Waals surface area (Å²) in [6, 6.07) is 11.6. The van der Waals surface area contributed by atoms with Gasteiger partial charge in [-0.05, 0) is 37.3 Å². The van der Waals surface area contributed by atoms with Gasteiger partial charge < -0.3 is 19.2 Å². The molecule has 7 heteroatoms. The number of nitrogens with zero attached hydrogens (tertiary/aromatic N) is 1. The first-order valence-corrected chi connectivity index (χ1v) is 7.56. The Morgan fingerprint density at radius 3 is 2.84 bits per heavy atom. The molecule has 1 unspecified atom stereocenters. The molecule has 128 valence electrons. The summed E-state index contributed by atoms with van der Waals surface area (Å²) in [7, 11) is 1.54. The molecule has 0 fully saturated rings. The van der Waals surface area contributed by atoms with E-state index in [9.17, 15) is 9.59 Å². The van der Waals surface area contributed by atoms with E-state index in [-0.39, 0.29) is 5.56 Å². The van der Waals surface area contributed by atoms with Gasteiger partial charge in [0.15, 0.2) is 18.1 Å². The van der Waals surface area contributed by atoms with Crippen LogP contribution >= 0.6 is 0 Å². The largest absolute Gasteiger partial charge is 0.497 e. The zero-order chi connectivity index (χ0) is 17.8. The molecule has 7 nitrogen and oxygen atoms in total. The molecule has 0 bridgehead atoms. The zero-order valence-electron chi connectivity index (χ0n) is 13.7. The first kappa shape index (κ1) is 16.5. The quantitative estimate of drug-likeness (QED) is 0.718. The lowest BCUT2D eigenvalue weighted by Gasteiger charge is -2.14. The Morgan fingerprint density at radius 1 is 1.20 bits per heavy atom. The molecule has 25 heavy (non-hydrogen) atoms. The molecule has 2 aromatic carbocycles. The second kappa shape index (κ2) is 7.04. The number of esters is 1. The predicted molar refractivity (Wildman–Crippen MR) is 90.5 cm³/mol. The lowest BCUT2D eigenvalue weighted by molar-refractivity contribution is -0.123. The van der Waals surface area contributed by atoms with Gasteiger partial charge in [-0.1, -0.05) is 6.07 Å². The van der Waals surface area contributed by atoms with E-state index in [1.807, 2.05) is 0 Å². The van der Waals surface area contributed by atoms with Gasteiger partial charge in [-0.2, -0.15) is 0 Å². The monoisotopic (exact) mass is 340 g/mol. The van der Waals surface area contributed by atoms with Crippen molar-refractivity contribution in [3.8, 4) is 5.75 Å². The van der Waals surface area contributed by atoms with E-state index in [2.05, 4.69) is 10.3 Å². The highest BCUT2D eigenvalue weighted by atomic mass is 16.5. The van der Waals surface area contributed by atoms with Crippen LogP contribution < -0.4 is 10.1 Å². The van der Waals surface area contributed by atoms with E-state index >= 15 is 0 Å². The van der Waals surface area contributed by atoms with Crippen LogP contribution in [0.2, 0.25) is 0 Å². The van der Waals surface area contributed by atoms with Crippen molar-refractivity contribution in [3.05, 3.63) is 54.4 Å². The number of rotatable bonds is 5. The van der Waals surface area contributed by atoms with Gasteiger partial charge in [0, 0.05) is 11.8 Å². The number of aromatic nitrogens is 1. The molecule has 0 aliphatic carbocycles. The van der Waals surface area contributed by atoms with Gasteiger partial charge >= 0.3 is 5.97 Å². The lowest BCUT2D eigenvalue weighted by Crippen LogP contribution is -2.30. The molecular weight excluding hydrogens is 324 g/mol. The number of carbonyl (C=O) groups is 2. The SMILES string of the molecule is COc1cccc(NC(=O)C(C)OC(=O)c2ccc3ncoc3c2)c1. The van der Waals surface area contributed by atoms with Crippen LogP contribution in [0.1, 0.15) is 17.3 Å². The number of hydrogen-bond acceptors (Lipinski definition) is 6. The second-order valence-corrected chi connectivity index (χ2v) is 5.30. The van der Waals surface area contributed by atoms with Crippen molar-refractivity contribution >= 4 is 28.7 Å². The number of nitrogens with one attached hydrogen (secondary N) is 1. The van der Waals surface area contributed by atoms with Gasteiger partial charge in [0.2, 0.25) is 0 Å². The normalized spacial score (nSPS) is 11.8. The Morgan fingerprint density at radius 2 is 2.04 bits per heavy atom. The maximum Gasteiger partial charge on any atom is 0.339 e. The smallest absolute Gasteiger partial charge is 0.339 e. The first-order chi connectivity index (χ1) is 12.1. The number of hydrogen-bond donors (Lipinski definition) is 1. The minimum absolute atomic E-state index is 0.283. The Balaban J connectivity index is 1.64. The Bertz CT molecular complexity index is 918. The summed E-state index contributed by atoms with van der Waals surface area (Å²) in [5.74, 6) is -0.447. The van der Waals surface area contributed by atoms with Crippen LogP contribution in [0.4, 0.5) is 5.69 Å². The highest BCUT2D eigenvalue weighted by molar-refractivity contribution is 5.98. The predicted octanol–water partition coefficient (Wildman–Crippen LogP) is 3.02. The molecule has 1 atom stereocenters. The van der Waals surface area contributed by atoms with Crippen LogP contribution in [-0.4, -0.2) is 30.1 Å². The fourth-order valence-corrected chi connectivity index (χ4v) is 2.21. The molecule has 0 spiro atoms. The molecule has 0 saturated carbocycles. The number of carbonyl (C=O) groups excluding carboxylic acids is 2. The van der Waals surface area contributed by atoms with Crippen molar-refractivity contribution in [2.75, 3.05) is 12.4 Å². The maximum absolute atomic E-state index is 12.2. The minimum Gasteiger partial charge on any atom is -0.497 e. The molecule has 1 N–H and O–H groups in total. The van der Waals surface area contributed by atoms with Gasteiger partial charge in [-0.3, -0.25) is 4.79 Å². The van der Waals surface area contributed by atoms with Gasteiger partial charge in [-0.25, -0.2) is 9.78 Å². The topological polar surface area (TPSA) is 90.7 Å². The molecule has 0 saturated heterocycles. The van der Waals surface area contributed by atoms with Crippen LogP contribution in [0.15, 0.2) is 53.3 Å². The number of oxazole rings is 1. The van der Waals surface area contributed by atoms with Crippen molar-refractivity contribution in [3.63, 3.8) is 0 Å². The van der Waals surface area contributed by atoms with Gasteiger partial charge in [0.25, 0.3) is 5.91 Å². The highest BCUT2D eigenvalue weighted by Crippen LogP contribution is 2.18. The summed E-state index contributed by atoms with van der Waals surface area (Å²) in [4.78, 5) is 28.4. The molecule has 1 aromatic heterocycles. The Hall–Kier alpha value is -3.35. The van der Waals surface area contributed by atoms with Crippen LogP contribution in [-0.2, 0) is 9.53 Å². The van der Waals surface area contributed by atoms with Crippen molar-refractivity contribution in [2.24, 2.45) is 0 Å². The third-order valence-electron chi connectivity index (χ3n) is 3.56. The highest BCUT2D eigenvalue weighted by Gasteiger charge is 2.19. The van der Waals surface area contributed by atoms with Gasteiger partial charge in [0.05, 0.1) is 12.7 Å². The molecule has 1 heterocycles. The molecule has 0 radical (unpaired) electrons. The summed E-state index contributed by atoms with van der Waals surface area (Å²) in [5, 5.41) is 2.67. The van der Waals surface area contributed by atoms with E-state index in [4.69, 9.17) is 13.9 Å². The molecule has 0 aliphatic heterocycles. The Kier molecular flexibility index (Phi) is 4.65. The summed E-state index contributed by atoms with van der Waals surface area (Å²) in [6.07, 6.45) is 0.327. The molecule has 3 rings (SSSR count). The van der Waals surface area contributed by atoms with E-state index < -0.39 is 18.0 Å². The summed E-state index contributed by atoms with van der Waals surface area (Å²) >= 11 is 0. The molecule has 3 aromatic rings. The molecular formula is C18H16N2O5. The summed E-state index contributed by atoms with van der Waals surface area (Å²) < 4.78 is 15.5. The lowest BCUT2D eigenvalue weighted by atomic mass is 10.2. The van der Waals surface area contributed by atoms with Crippen molar-refractivity contribution in [1.29, 1.82) is 0 Å². The van der Waals surface area contributed by atoms with E-state index in [1.165, 1.54) is 26.5 Å². The standard InChI is InChI=1S/C18H16N2O5/c1-11(17(21)20-13-4-3-5-14(9-13)23-2)25-18(22)12-6-7-15-16(8-12)24-10-19-15/h3-11H,1-2H3,(H,20,21). The van der Waals surface area contributed by atoms with E-state index in [1.54, 1.807) is 36.4 Å². The average Bonchev–Trinajstić information content (AvgIpc) is 3.09.